The number of thioether (sulfide) groups is 1. The number of hydrogen-bond donors (Lipinski definition) is 0. The number of rotatable bonds is 6. The topological polar surface area (TPSA) is 78.5 Å². The average Bonchev–Trinajstić information content (AvgIpc) is 3.50. The molecule has 1 aliphatic rings. The quantitative estimate of drug-likeness (QED) is 0.207. The van der Waals surface area contributed by atoms with Gasteiger partial charge in [-0.2, -0.15) is 0 Å². The molecular formula is C26H21ClN4O3S2. The first kappa shape index (κ1) is 23.3. The molecule has 0 atom stereocenters. The third kappa shape index (κ3) is 3.91. The zero-order valence-corrected chi connectivity index (χ0v) is 21.8. The minimum atomic E-state index is -0.0942. The maximum atomic E-state index is 13.9. The van der Waals surface area contributed by atoms with Gasteiger partial charge in [-0.25, -0.2) is 8.97 Å². The van der Waals surface area contributed by atoms with Crippen LogP contribution in [0.25, 0.3) is 21.7 Å². The normalized spacial score (nSPS) is 13.3. The van der Waals surface area contributed by atoms with E-state index in [2.05, 4.69) is 10.2 Å². The summed E-state index contributed by atoms with van der Waals surface area (Å²) in [6.45, 7) is 0. The SMILES string of the molecule is COc1ccc(-n2c(=O)c3c4c(sc3n3c(SCC(=O)c5ccc(Cl)cc5)nnc23)CCCC4)cc1. The molecule has 0 saturated carbocycles. The Morgan fingerprint density at radius 2 is 1.83 bits per heavy atom. The maximum absolute atomic E-state index is 13.9. The number of carbonyl (C=O) groups excluding carboxylic acids is 1. The highest BCUT2D eigenvalue weighted by Gasteiger charge is 2.26. The Balaban J connectivity index is 1.51. The number of methoxy groups -OCH3 is 1. The largest absolute Gasteiger partial charge is 0.497 e. The second kappa shape index (κ2) is 9.38. The molecule has 0 spiro atoms. The summed E-state index contributed by atoms with van der Waals surface area (Å²) in [7, 11) is 1.61. The molecule has 0 radical (unpaired) electrons. The Bertz CT molecular complexity index is 1670. The summed E-state index contributed by atoms with van der Waals surface area (Å²) in [6, 6.07) is 14.2. The number of aryl methyl sites for hydroxylation is 2. The molecule has 0 amide bonds. The molecule has 3 heterocycles. The van der Waals surface area contributed by atoms with Gasteiger partial charge in [0.15, 0.2) is 10.9 Å². The number of benzene rings is 2. The molecule has 10 heteroatoms. The van der Waals surface area contributed by atoms with Crippen LogP contribution >= 0.6 is 34.7 Å². The van der Waals surface area contributed by atoms with Gasteiger partial charge in [0, 0.05) is 15.5 Å². The molecular weight excluding hydrogens is 516 g/mol. The molecule has 2 aromatic carbocycles. The van der Waals surface area contributed by atoms with Crippen molar-refractivity contribution in [3.05, 3.63) is 79.9 Å². The van der Waals surface area contributed by atoms with Crippen LogP contribution in [0.1, 0.15) is 33.6 Å². The van der Waals surface area contributed by atoms with Gasteiger partial charge in [0.2, 0.25) is 5.78 Å². The summed E-state index contributed by atoms with van der Waals surface area (Å²) in [5.41, 5.74) is 2.32. The molecule has 0 saturated heterocycles. The first-order chi connectivity index (χ1) is 17.5. The van der Waals surface area contributed by atoms with Crippen molar-refractivity contribution in [1.29, 1.82) is 0 Å². The molecule has 7 nitrogen and oxygen atoms in total. The van der Waals surface area contributed by atoms with Crippen LogP contribution < -0.4 is 10.3 Å². The Morgan fingerprint density at radius 3 is 2.58 bits per heavy atom. The Morgan fingerprint density at radius 1 is 1.08 bits per heavy atom. The van der Waals surface area contributed by atoms with Crippen molar-refractivity contribution >= 4 is 56.5 Å². The predicted molar refractivity (Wildman–Crippen MR) is 144 cm³/mol. The van der Waals surface area contributed by atoms with Crippen molar-refractivity contribution in [2.75, 3.05) is 12.9 Å². The average molecular weight is 537 g/mol. The van der Waals surface area contributed by atoms with Crippen molar-refractivity contribution in [3.8, 4) is 11.4 Å². The Hall–Kier alpha value is -3.14. The van der Waals surface area contributed by atoms with E-state index in [-0.39, 0.29) is 17.1 Å². The van der Waals surface area contributed by atoms with Crippen LogP contribution in [0, 0.1) is 0 Å². The van der Waals surface area contributed by atoms with Crippen LogP contribution in [0.5, 0.6) is 5.75 Å². The number of halogens is 1. The molecule has 3 aromatic heterocycles. The number of Topliss-reactive ketones (excluding diaryl/α,β-unsaturated/α-hetero) is 1. The lowest BCUT2D eigenvalue weighted by molar-refractivity contribution is 0.102. The number of hydrogen-bond acceptors (Lipinski definition) is 7. The highest BCUT2D eigenvalue weighted by atomic mass is 35.5. The van der Waals surface area contributed by atoms with Crippen LogP contribution in [0.2, 0.25) is 5.02 Å². The van der Waals surface area contributed by atoms with Crippen molar-refractivity contribution in [2.45, 2.75) is 30.8 Å². The van der Waals surface area contributed by atoms with E-state index >= 15 is 0 Å². The molecule has 5 aromatic rings. The van der Waals surface area contributed by atoms with E-state index < -0.39 is 0 Å². The highest BCUT2D eigenvalue weighted by Crippen LogP contribution is 2.37. The Kier molecular flexibility index (Phi) is 6.07. The molecule has 0 bridgehead atoms. The van der Waals surface area contributed by atoms with E-state index in [1.807, 2.05) is 28.7 Å². The number of carbonyl (C=O) groups is 1. The number of fused-ring (bicyclic) bond motifs is 5. The van der Waals surface area contributed by atoms with Crippen LogP contribution in [-0.4, -0.2) is 37.8 Å². The van der Waals surface area contributed by atoms with Gasteiger partial charge >= 0.3 is 0 Å². The first-order valence-corrected chi connectivity index (χ1v) is 13.7. The summed E-state index contributed by atoms with van der Waals surface area (Å²) in [5.74, 6) is 1.29. The number of ether oxygens (including phenoxy) is 1. The molecule has 1 aliphatic carbocycles. The molecule has 36 heavy (non-hydrogen) atoms. The summed E-state index contributed by atoms with van der Waals surface area (Å²) in [4.78, 5) is 28.8. The lowest BCUT2D eigenvalue weighted by Gasteiger charge is -2.12. The van der Waals surface area contributed by atoms with Crippen molar-refractivity contribution in [1.82, 2.24) is 19.2 Å². The van der Waals surface area contributed by atoms with E-state index in [9.17, 15) is 9.59 Å². The second-order valence-corrected chi connectivity index (χ2v) is 11.0. The fraction of sp³-hybridized carbons (Fsp3) is 0.231. The third-order valence-corrected chi connectivity index (χ3v) is 8.88. The fourth-order valence-corrected chi connectivity index (χ4v) is 7.01. The Labute approximate surface area is 219 Å². The first-order valence-electron chi connectivity index (χ1n) is 11.6. The van der Waals surface area contributed by atoms with Crippen LogP contribution in [0.15, 0.2) is 58.5 Å². The van der Waals surface area contributed by atoms with Gasteiger partial charge in [-0.1, -0.05) is 23.4 Å². The zero-order valence-electron chi connectivity index (χ0n) is 19.4. The van der Waals surface area contributed by atoms with Gasteiger partial charge in [0.05, 0.1) is 23.9 Å². The molecule has 0 aliphatic heterocycles. The maximum Gasteiger partial charge on any atom is 0.268 e. The summed E-state index contributed by atoms with van der Waals surface area (Å²) in [5, 5.41) is 10.7. The van der Waals surface area contributed by atoms with Crippen molar-refractivity contribution < 1.29 is 9.53 Å². The second-order valence-electron chi connectivity index (χ2n) is 8.57. The molecule has 182 valence electrons. The highest BCUT2D eigenvalue weighted by molar-refractivity contribution is 7.99. The summed E-state index contributed by atoms with van der Waals surface area (Å²) < 4.78 is 8.84. The predicted octanol–water partition coefficient (Wildman–Crippen LogP) is 5.61. The smallest absolute Gasteiger partial charge is 0.268 e. The molecule has 0 fully saturated rings. The van der Waals surface area contributed by atoms with E-state index in [0.29, 0.717) is 33.0 Å². The van der Waals surface area contributed by atoms with Gasteiger partial charge in [-0.05, 0) is 79.8 Å². The number of aromatic nitrogens is 4. The van der Waals surface area contributed by atoms with E-state index in [1.165, 1.54) is 16.6 Å². The lowest BCUT2D eigenvalue weighted by atomic mass is 9.97. The number of ketones is 1. The van der Waals surface area contributed by atoms with Gasteiger partial charge in [0.1, 0.15) is 10.6 Å². The van der Waals surface area contributed by atoms with Crippen molar-refractivity contribution in [3.63, 3.8) is 0 Å². The van der Waals surface area contributed by atoms with E-state index in [1.54, 1.807) is 47.3 Å². The van der Waals surface area contributed by atoms with Gasteiger partial charge in [-0.3, -0.25) is 9.59 Å². The number of thiophene rings is 1. The minimum absolute atomic E-state index is 0.0291. The van der Waals surface area contributed by atoms with E-state index in [4.69, 9.17) is 16.3 Å². The number of nitrogens with zero attached hydrogens (tertiary/aromatic N) is 4. The van der Waals surface area contributed by atoms with Crippen LogP contribution in [0.4, 0.5) is 0 Å². The zero-order chi connectivity index (χ0) is 24.8. The third-order valence-electron chi connectivity index (χ3n) is 6.42. The van der Waals surface area contributed by atoms with Crippen molar-refractivity contribution in [2.24, 2.45) is 0 Å². The van der Waals surface area contributed by atoms with Gasteiger partial charge in [-0.15, -0.1) is 21.5 Å². The van der Waals surface area contributed by atoms with Crippen LogP contribution in [0.3, 0.4) is 0 Å². The minimum Gasteiger partial charge on any atom is -0.497 e. The summed E-state index contributed by atoms with van der Waals surface area (Å²) in [6.07, 6.45) is 4.05. The molecule has 0 N–H and O–H groups in total. The molecule has 6 rings (SSSR count). The van der Waals surface area contributed by atoms with Crippen LogP contribution in [-0.2, 0) is 12.8 Å². The van der Waals surface area contributed by atoms with Gasteiger partial charge < -0.3 is 4.74 Å². The standard InChI is InChI=1S/C26H21ClN4O3S2/c1-34-18-12-10-17(11-13-18)30-23(33)22-19-4-2-3-5-21(19)36-24(22)31-25(30)28-29-26(31)35-14-20(32)15-6-8-16(27)9-7-15/h6-13H,2-5,14H2,1H3. The summed E-state index contributed by atoms with van der Waals surface area (Å²) >= 11 is 8.92. The fourth-order valence-electron chi connectivity index (χ4n) is 4.62. The van der Waals surface area contributed by atoms with E-state index in [0.717, 1.165) is 41.5 Å². The van der Waals surface area contributed by atoms with Gasteiger partial charge in [0.25, 0.3) is 5.56 Å². The molecule has 0 unspecified atom stereocenters. The monoisotopic (exact) mass is 536 g/mol. The lowest BCUT2D eigenvalue weighted by Crippen LogP contribution is -2.22.